The van der Waals surface area contributed by atoms with E-state index in [-0.39, 0.29) is 18.0 Å². The monoisotopic (exact) mass is 475 g/mol. The Labute approximate surface area is 206 Å². The fourth-order valence-corrected chi connectivity index (χ4v) is 4.44. The largest absolute Gasteiger partial charge is 0.497 e. The van der Waals surface area contributed by atoms with E-state index in [0.29, 0.717) is 19.4 Å². The normalized spacial score (nSPS) is 15.7. The molecule has 1 fully saturated rings. The van der Waals surface area contributed by atoms with Crippen molar-refractivity contribution in [2.45, 2.75) is 32.2 Å². The fourth-order valence-electron chi connectivity index (χ4n) is 4.44. The second-order valence-electron chi connectivity index (χ2n) is 8.91. The number of fused-ring (bicyclic) bond motifs is 1. The number of hydrogen-bond donors (Lipinski definition) is 3. The minimum Gasteiger partial charge on any atom is -0.497 e. The summed E-state index contributed by atoms with van der Waals surface area (Å²) in [5.74, 6) is 0.873. The average Bonchev–Trinajstić information content (AvgIpc) is 3.29. The summed E-state index contributed by atoms with van der Waals surface area (Å²) in [5.41, 5.74) is 3.56. The molecular formula is C27H33N5O3. The number of benzene rings is 2. The maximum Gasteiger partial charge on any atom is 0.319 e. The van der Waals surface area contributed by atoms with Crippen LogP contribution in [0, 0.1) is 6.92 Å². The predicted octanol–water partition coefficient (Wildman–Crippen LogP) is 3.50. The van der Waals surface area contributed by atoms with Crippen molar-refractivity contribution in [1.29, 1.82) is 0 Å². The van der Waals surface area contributed by atoms with Crippen LogP contribution in [0.3, 0.4) is 0 Å². The Bertz CT molecular complexity index is 1180. The zero-order valence-corrected chi connectivity index (χ0v) is 20.3. The molecule has 0 aliphatic carbocycles. The van der Waals surface area contributed by atoms with Gasteiger partial charge in [-0.15, -0.1) is 0 Å². The van der Waals surface area contributed by atoms with Crippen LogP contribution in [0.25, 0.3) is 10.9 Å². The van der Waals surface area contributed by atoms with Crippen molar-refractivity contribution in [2.24, 2.45) is 0 Å². The smallest absolute Gasteiger partial charge is 0.319 e. The van der Waals surface area contributed by atoms with E-state index in [1.165, 1.54) is 0 Å². The number of carbonyl (C=O) groups excluding carboxylic acids is 2. The van der Waals surface area contributed by atoms with Gasteiger partial charge in [0.15, 0.2) is 0 Å². The third kappa shape index (κ3) is 6.93. The molecule has 3 amide bonds. The number of carbonyl (C=O) groups is 2. The van der Waals surface area contributed by atoms with Crippen molar-refractivity contribution >= 4 is 28.5 Å². The highest BCUT2D eigenvalue weighted by atomic mass is 16.5. The van der Waals surface area contributed by atoms with E-state index in [9.17, 15) is 9.59 Å². The lowest BCUT2D eigenvalue weighted by atomic mass is 10.1. The van der Waals surface area contributed by atoms with E-state index < -0.39 is 0 Å². The minimum atomic E-state index is -0.234. The second kappa shape index (κ2) is 11.7. The first-order chi connectivity index (χ1) is 17.0. The van der Waals surface area contributed by atoms with E-state index in [4.69, 9.17) is 4.74 Å². The number of rotatable bonds is 9. The van der Waals surface area contributed by atoms with Gasteiger partial charge < -0.3 is 20.7 Å². The Balaban J connectivity index is 1.16. The molecule has 0 bridgehead atoms. The fraction of sp³-hybridized carbons (Fsp3) is 0.370. The zero-order chi connectivity index (χ0) is 24.6. The van der Waals surface area contributed by atoms with Crippen molar-refractivity contribution in [3.63, 3.8) is 0 Å². The van der Waals surface area contributed by atoms with E-state index in [0.717, 1.165) is 59.7 Å². The molecule has 1 aliphatic rings. The first-order valence-corrected chi connectivity index (χ1v) is 12.1. The highest BCUT2D eigenvalue weighted by Crippen LogP contribution is 2.22. The molecule has 8 nitrogen and oxygen atoms in total. The highest BCUT2D eigenvalue weighted by Gasteiger charge is 2.23. The molecule has 8 heteroatoms. The molecule has 3 aromatic rings. The van der Waals surface area contributed by atoms with E-state index in [1.54, 1.807) is 7.11 Å². The van der Waals surface area contributed by atoms with Crippen LogP contribution >= 0.6 is 0 Å². The molecule has 1 atom stereocenters. The number of nitrogens with zero attached hydrogens (tertiary/aromatic N) is 2. The van der Waals surface area contributed by atoms with Gasteiger partial charge >= 0.3 is 6.03 Å². The number of aromatic nitrogens is 1. The molecule has 1 aliphatic heterocycles. The lowest BCUT2D eigenvalue weighted by Crippen LogP contribution is -2.39. The standard InChI is InChI=1S/C27H33N5O3/c1-19-16-25(23-8-3-4-9-24(23)29-19)31-27(34)28-13-15-32-14-12-21(18-32)30-26(33)11-10-20-6-5-7-22(17-20)35-2/h3-9,16-17,21H,10-15,18H2,1-2H3,(H,30,33)(H2,28,29,31,34). The Morgan fingerprint density at radius 1 is 1.14 bits per heavy atom. The van der Waals surface area contributed by atoms with Gasteiger partial charge in [0.25, 0.3) is 0 Å². The number of aryl methyl sites for hydroxylation is 2. The quantitative estimate of drug-likeness (QED) is 0.440. The van der Waals surface area contributed by atoms with E-state index in [1.807, 2.05) is 61.5 Å². The Morgan fingerprint density at radius 2 is 2.00 bits per heavy atom. The van der Waals surface area contributed by atoms with Gasteiger partial charge in [-0.1, -0.05) is 30.3 Å². The van der Waals surface area contributed by atoms with Crippen LogP contribution in [0.4, 0.5) is 10.5 Å². The lowest BCUT2D eigenvalue weighted by Gasteiger charge is -2.17. The Morgan fingerprint density at radius 3 is 2.86 bits per heavy atom. The number of methoxy groups -OCH3 is 1. The van der Waals surface area contributed by atoms with Crippen LogP contribution < -0.4 is 20.7 Å². The topological polar surface area (TPSA) is 95.6 Å². The number of hydrogen-bond acceptors (Lipinski definition) is 5. The van der Waals surface area contributed by atoms with Gasteiger partial charge in [0, 0.05) is 49.7 Å². The van der Waals surface area contributed by atoms with Crippen LogP contribution in [-0.4, -0.2) is 61.2 Å². The summed E-state index contributed by atoms with van der Waals surface area (Å²) in [5, 5.41) is 9.94. The van der Waals surface area contributed by atoms with Crippen LogP contribution in [0.15, 0.2) is 54.6 Å². The van der Waals surface area contributed by atoms with Crippen LogP contribution in [-0.2, 0) is 11.2 Å². The Kier molecular flexibility index (Phi) is 8.15. The molecule has 1 saturated heterocycles. The van der Waals surface area contributed by atoms with Crippen LogP contribution in [0.1, 0.15) is 24.1 Å². The zero-order valence-electron chi connectivity index (χ0n) is 20.3. The molecule has 0 spiro atoms. The Hall–Kier alpha value is -3.65. The predicted molar refractivity (Wildman–Crippen MR) is 138 cm³/mol. The van der Waals surface area contributed by atoms with Crippen LogP contribution in [0.2, 0.25) is 0 Å². The van der Waals surface area contributed by atoms with Crippen molar-refractivity contribution < 1.29 is 14.3 Å². The summed E-state index contributed by atoms with van der Waals surface area (Å²) in [6.07, 6.45) is 2.05. The molecule has 1 aromatic heterocycles. The van der Waals surface area contributed by atoms with Gasteiger partial charge in [-0.2, -0.15) is 0 Å². The highest BCUT2D eigenvalue weighted by molar-refractivity contribution is 6.00. The second-order valence-corrected chi connectivity index (χ2v) is 8.91. The maximum atomic E-state index is 12.5. The van der Waals surface area contributed by atoms with Crippen molar-refractivity contribution in [2.75, 3.05) is 38.6 Å². The summed E-state index contributed by atoms with van der Waals surface area (Å²) in [4.78, 5) is 31.6. The van der Waals surface area contributed by atoms with Crippen molar-refractivity contribution in [1.82, 2.24) is 20.5 Å². The van der Waals surface area contributed by atoms with Gasteiger partial charge in [0.1, 0.15) is 5.75 Å². The molecule has 2 aromatic carbocycles. The van der Waals surface area contributed by atoms with Crippen molar-refractivity contribution in [3.8, 4) is 5.75 Å². The van der Waals surface area contributed by atoms with E-state index in [2.05, 4.69) is 25.8 Å². The maximum absolute atomic E-state index is 12.5. The molecule has 2 heterocycles. The first kappa shape index (κ1) is 24.5. The first-order valence-electron chi connectivity index (χ1n) is 12.1. The van der Waals surface area contributed by atoms with Gasteiger partial charge in [-0.3, -0.25) is 14.7 Å². The van der Waals surface area contributed by atoms with Gasteiger partial charge in [0.05, 0.1) is 18.3 Å². The number of likely N-dealkylation sites (tertiary alicyclic amines) is 1. The van der Waals surface area contributed by atoms with Gasteiger partial charge in [-0.25, -0.2) is 4.79 Å². The number of amides is 3. The number of para-hydroxylation sites is 1. The summed E-state index contributed by atoms with van der Waals surface area (Å²) < 4.78 is 5.24. The number of anilines is 1. The van der Waals surface area contributed by atoms with Crippen LogP contribution in [0.5, 0.6) is 5.75 Å². The molecule has 0 saturated carbocycles. The molecule has 0 radical (unpaired) electrons. The summed E-state index contributed by atoms with van der Waals surface area (Å²) in [6.45, 7) is 4.88. The summed E-state index contributed by atoms with van der Waals surface area (Å²) in [6, 6.07) is 17.4. The summed E-state index contributed by atoms with van der Waals surface area (Å²) in [7, 11) is 1.64. The van der Waals surface area contributed by atoms with E-state index >= 15 is 0 Å². The number of pyridine rings is 1. The lowest BCUT2D eigenvalue weighted by molar-refractivity contribution is -0.121. The summed E-state index contributed by atoms with van der Waals surface area (Å²) >= 11 is 0. The molecule has 1 unspecified atom stereocenters. The molecule has 3 N–H and O–H groups in total. The van der Waals surface area contributed by atoms with Gasteiger partial charge in [-0.05, 0) is 49.6 Å². The van der Waals surface area contributed by atoms with Crippen molar-refractivity contribution in [3.05, 3.63) is 65.9 Å². The number of urea groups is 1. The molecular weight excluding hydrogens is 442 g/mol. The number of nitrogens with one attached hydrogen (secondary N) is 3. The van der Waals surface area contributed by atoms with Gasteiger partial charge in [0.2, 0.25) is 5.91 Å². The molecule has 184 valence electrons. The SMILES string of the molecule is COc1cccc(CCC(=O)NC2CCN(CCNC(=O)Nc3cc(C)nc4ccccc34)C2)c1. The minimum absolute atomic E-state index is 0.0667. The third-order valence-electron chi connectivity index (χ3n) is 6.22. The average molecular weight is 476 g/mol. The third-order valence-corrected chi connectivity index (χ3v) is 6.22. The molecule has 35 heavy (non-hydrogen) atoms. The molecule has 4 rings (SSSR count). The number of ether oxygens (including phenoxy) is 1.